The van der Waals surface area contributed by atoms with Crippen molar-refractivity contribution in [2.24, 2.45) is 0 Å². The quantitative estimate of drug-likeness (QED) is 0.914. The first-order chi connectivity index (χ1) is 9.58. The molecule has 1 heterocycles. The van der Waals surface area contributed by atoms with E-state index in [1.165, 1.54) is 11.1 Å². The number of benzene rings is 1. The second kappa shape index (κ2) is 6.02. The lowest BCUT2D eigenvalue weighted by molar-refractivity contribution is 0.847. The highest BCUT2D eigenvalue weighted by Crippen LogP contribution is 2.09. The fraction of sp³-hybridized carbons (Fsp3) is 0.267. The second-order valence-corrected chi connectivity index (χ2v) is 4.73. The van der Waals surface area contributed by atoms with Crippen molar-refractivity contribution < 1.29 is 0 Å². The minimum atomic E-state index is -0.499. The summed E-state index contributed by atoms with van der Waals surface area (Å²) in [6.45, 7) is 2.78. The van der Waals surface area contributed by atoms with Crippen molar-refractivity contribution in [3.05, 3.63) is 57.6 Å². The number of H-pyrrole nitrogens is 1. The van der Waals surface area contributed by atoms with E-state index < -0.39 is 5.69 Å². The van der Waals surface area contributed by atoms with Crippen LogP contribution in [0.2, 0.25) is 0 Å². The van der Waals surface area contributed by atoms with Crippen molar-refractivity contribution in [1.29, 1.82) is 5.26 Å². The fourth-order valence-corrected chi connectivity index (χ4v) is 1.87. The lowest BCUT2D eigenvalue weighted by atomic mass is 10.1. The van der Waals surface area contributed by atoms with Crippen LogP contribution in [-0.4, -0.2) is 23.6 Å². The monoisotopic (exact) mass is 268 g/mol. The average molecular weight is 268 g/mol. The Bertz CT molecular complexity index is 682. The van der Waals surface area contributed by atoms with Gasteiger partial charge in [0.05, 0.1) is 0 Å². The molecular weight excluding hydrogens is 252 g/mol. The van der Waals surface area contributed by atoms with Crippen molar-refractivity contribution in [1.82, 2.24) is 9.97 Å². The molecule has 102 valence electrons. The molecule has 0 aliphatic heterocycles. The maximum atomic E-state index is 11.3. The van der Waals surface area contributed by atoms with E-state index in [0.29, 0.717) is 5.82 Å². The molecule has 0 unspecified atom stereocenters. The number of nitriles is 1. The van der Waals surface area contributed by atoms with Crippen molar-refractivity contribution in [2.45, 2.75) is 13.3 Å². The van der Waals surface area contributed by atoms with Crippen LogP contribution in [0, 0.1) is 18.3 Å². The number of anilines is 1. The van der Waals surface area contributed by atoms with Crippen LogP contribution in [0.15, 0.2) is 35.1 Å². The number of aryl methyl sites for hydroxylation is 1. The summed E-state index contributed by atoms with van der Waals surface area (Å²) in [5.41, 5.74) is 2.19. The smallest absolute Gasteiger partial charge is 0.347 e. The predicted molar refractivity (Wildman–Crippen MR) is 77.7 cm³/mol. The standard InChI is InChI=1S/C15H16N4O/c1-11-3-5-12(6-4-11)7-8-19(2)14-9-13(10-16)17-15(20)18-14/h3-6,9H,7-8H2,1-2H3,(H,17,18,20). The summed E-state index contributed by atoms with van der Waals surface area (Å²) in [4.78, 5) is 19.5. The molecule has 1 aromatic carbocycles. The Hall–Kier alpha value is -2.61. The van der Waals surface area contributed by atoms with Gasteiger partial charge in [0.1, 0.15) is 17.6 Å². The third-order valence-electron chi connectivity index (χ3n) is 3.10. The normalized spacial score (nSPS) is 10.1. The summed E-state index contributed by atoms with van der Waals surface area (Å²) in [5, 5.41) is 8.84. The van der Waals surface area contributed by atoms with E-state index in [9.17, 15) is 4.79 Å². The molecule has 0 bridgehead atoms. The van der Waals surface area contributed by atoms with Gasteiger partial charge in [-0.15, -0.1) is 0 Å². The van der Waals surface area contributed by atoms with E-state index in [1.54, 1.807) is 6.07 Å². The second-order valence-electron chi connectivity index (χ2n) is 4.73. The van der Waals surface area contributed by atoms with E-state index in [0.717, 1.165) is 13.0 Å². The van der Waals surface area contributed by atoms with Crippen LogP contribution in [0.1, 0.15) is 16.8 Å². The molecule has 5 heteroatoms. The van der Waals surface area contributed by atoms with Gasteiger partial charge in [0.25, 0.3) is 0 Å². The third-order valence-corrected chi connectivity index (χ3v) is 3.10. The SMILES string of the molecule is Cc1ccc(CCN(C)c2cc(C#N)[nH]c(=O)n2)cc1. The first-order valence-corrected chi connectivity index (χ1v) is 6.36. The Balaban J connectivity index is 2.07. The first kappa shape index (κ1) is 13.8. The average Bonchev–Trinajstić information content (AvgIpc) is 2.45. The van der Waals surface area contributed by atoms with E-state index in [1.807, 2.05) is 18.0 Å². The van der Waals surface area contributed by atoms with Gasteiger partial charge in [-0.3, -0.25) is 4.98 Å². The van der Waals surface area contributed by atoms with Crippen LogP contribution < -0.4 is 10.6 Å². The molecule has 2 aromatic rings. The zero-order chi connectivity index (χ0) is 14.5. The highest BCUT2D eigenvalue weighted by Gasteiger charge is 2.06. The van der Waals surface area contributed by atoms with Gasteiger partial charge in [-0.1, -0.05) is 29.8 Å². The van der Waals surface area contributed by atoms with Crippen molar-refractivity contribution >= 4 is 5.82 Å². The maximum Gasteiger partial charge on any atom is 0.347 e. The van der Waals surface area contributed by atoms with E-state index >= 15 is 0 Å². The minimum absolute atomic E-state index is 0.224. The molecule has 0 saturated carbocycles. The Kier molecular flexibility index (Phi) is 4.16. The molecule has 1 aromatic heterocycles. The Morgan fingerprint density at radius 3 is 2.70 bits per heavy atom. The number of aromatic amines is 1. The van der Waals surface area contributed by atoms with Gasteiger partial charge in [-0.2, -0.15) is 10.2 Å². The number of aromatic nitrogens is 2. The van der Waals surface area contributed by atoms with Crippen LogP contribution in [0.4, 0.5) is 5.82 Å². The summed E-state index contributed by atoms with van der Waals surface area (Å²) in [5.74, 6) is 0.511. The Labute approximate surface area is 117 Å². The van der Waals surface area contributed by atoms with Gasteiger partial charge in [0.15, 0.2) is 0 Å². The number of nitrogens with zero attached hydrogens (tertiary/aromatic N) is 3. The van der Waals surface area contributed by atoms with Gasteiger partial charge in [0, 0.05) is 19.7 Å². The van der Waals surface area contributed by atoms with Crippen molar-refractivity contribution in [3.8, 4) is 6.07 Å². The Morgan fingerprint density at radius 2 is 2.05 bits per heavy atom. The predicted octanol–water partition coefficient (Wildman–Crippen LogP) is 1.63. The first-order valence-electron chi connectivity index (χ1n) is 6.36. The zero-order valence-electron chi connectivity index (χ0n) is 11.6. The zero-order valence-corrected chi connectivity index (χ0v) is 11.6. The number of rotatable bonds is 4. The molecule has 0 amide bonds. The molecule has 0 atom stereocenters. The molecule has 0 radical (unpaired) electrons. The van der Waals surface area contributed by atoms with Gasteiger partial charge >= 0.3 is 5.69 Å². The molecular formula is C15H16N4O. The maximum absolute atomic E-state index is 11.3. The van der Waals surface area contributed by atoms with Crippen LogP contribution in [0.25, 0.3) is 0 Å². The third kappa shape index (κ3) is 3.45. The molecule has 0 aliphatic carbocycles. The molecule has 5 nitrogen and oxygen atoms in total. The van der Waals surface area contributed by atoms with Gasteiger partial charge in [-0.25, -0.2) is 4.79 Å². The summed E-state index contributed by atoms with van der Waals surface area (Å²) < 4.78 is 0. The van der Waals surface area contributed by atoms with Crippen LogP contribution in [-0.2, 0) is 6.42 Å². The van der Waals surface area contributed by atoms with Gasteiger partial charge in [0.2, 0.25) is 0 Å². The van der Waals surface area contributed by atoms with E-state index in [4.69, 9.17) is 5.26 Å². The van der Waals surface area contributed by atoms with Crippen LogP contribution in [0.3, 0.4) is 0 Å². The van der Waals surface area contributed by atoms with E-state index in [2.05, 4.69) is 41.2 Å². The Morgan fingerprint density at radius 1 is 1.35 bits per heavy atom. The van der Waals surface area contributed by atoms with E-state index in [-0.39, 0.29) is 5.69 Å². The molecule has 20 heavy (non-hydrogen) atoms. The van der Waals surface area contributed by atoms with Gasteiger partial charge < -0.3 is 4.90 Å². The number of hydrogen-bond donors (Lipinski definition) is 1. The highest BCUT2D eigenvalue weighted by atomic mass is 16.1. The molecule has 1 N–H and O–H groups in total. The topological polar surface area (TPSA) is 72.8 Å². The lowest BCUT2D eigenvalue weighted by Gasteiger charge is -2.17. The largest absolute Gasteiger partial charge is 0.359 e. The molecule has 0 aliphatic rings. The fourth-order valence-electron chi connectivity index (χ4n) is 1.87. The molecule has 2 rings (SSSR count). The van der Waals surface area contributed by atoms with Crippen LogP contribution >= 0.6 is 0 Å². The molecule has 0 spiro atoms. The summed E-state index contributed by atoms with van der Waals surface area (Å²) in [7, 11) is 1.86. The lowest BCUT2D eigenvalue weighted by Crippen LogP contribution is -2.25. The molecule has 0 saturated heterocycles. The minimum Gasteiger partial charge on any atom is -0.359 e. The summed E-state index contributed by atoms with van der Waals surface area (Å²) in [6.07, 6.45) is 0.854. The number of nitrogens with one attached hydrogen (secondary N) is 1. The number of likely N-dealkylation sites (N-methyl/N-ethyl adjacent to an activating group) is 1. The van der Waals surface area contributed by atoms with Gasteiger partial charge in [-0.05, 0) is 18.9 Å². The summed E-state index contributed by atoms with van der Waals surface area (Å²) in [6, 6.07) is 11.8. The van der Waals surface area contributed by atoms with Crippen LogP contribution in [0.5, 0.6) is 0 Å². The summed E-state index contributed by atoms with van der Waals surface area (Å²) >= 11 is 0. The number of hydrogen-bond acceptors (Lipinski definition) is 4. The van der Waals surface area contributed by atoms with Crippen molar-refractivity contribution in [3.63, 3.8) is 0 Å². The highest BCUT2D eigenvalue weighted by molar-refractivity contribution is 5.41. The molecule has 0 fully saturated rings. The van der Waals surface area contributed by atoms with Crippen molar-refractivity contribution in [2.75, 3.05) is 18.5 Å².